The predicted octanol–water partition coefficient (Wildman–Crippen LogP) is 5.01. The SMILES string of the molecule is COC1(C)C=C(Cc2c[nH]c3ncccc23)C=CC1OCc1c(F)cc(F)cc1F. The largest absolute Gasteiger partial charge is 0.371 e. The average molecular weight is 414 g/mol. The zero-order chi connectivity index (χ0) is 21.3. The highest BCUT2D eigenvalue weighted by Gasteiger charge is 2.34. The van der Waals surface area contributed by atoms with Crippen molar-refractivity contribution < 1.29 is 22.6 Å². The molecule has 0 bridgehead atoms. The number of methoxy groups -OCH3 is 1. The number of nitrogens with zero attached hydrogens (tertiary/aromatic N) is 1. The first kappa shape index (κ1) is 20.4. The van der Waals surface area contributed by atoms with Crippen LogP contribution in [0.3, 0.4) is 0 Å². The number of aromatic nitrogens is 2. The third kappa shape index (κ3) is 3.91. The summed E-state index contributed by atoms with van der Waals surface area (Å²) in [5, 5.41) is 1.05. The summed E-state index contributed by atoms with van der Waals surface area (Å²) in [4.78, 5) is 7.46. The fraction of sp³-hybridized carbons (Fsp3) is 0.261. The van der Waals surface area contributed by atoms with Crippen molar-refractivity contribution in [1.29, 1.82) is 0 Å². The van der Waals surface area contributed by atoms with Gasteiger partial charge in [0.25, 0.3) is 0 Å². The van der Waals surface area contributed by atoms with Crippen LogP contribution in [0.25, 0.3) is 11.0 Å². The van der Waals surface area contributed by atoms with Gasteiger partial charge in [-0.05, 0) is 42.7 Å². The number of halogens is 3. The molecule has 4 rings (SSSR count). The van der Waals surface area contributed by atoms with Crippen molar-refractivity contribution in [2.24, 2.45) is 0 Å². The molecular weight excluding hydrogens is 393 g/mol. The number of rotatable bonds is 6. The fourth-order valence-electron chi connectivity index (χ4n) is 3.67. The van der Waals surface area contributed by atoms with Crippen molar-refractivity contribution in [2.45, 2.75) is 31.7 Å². The van der Waals surface area contributed by atoms with Crippen LogP contribution in [-0.4, -0.2) is 28.8 Å². The van der Waals surface area contributed by atoms with Crippen LogP contribution in [0.5, 0.6) is 0 Å². The van der Waals surface area contributed by atoms with Crippen LogP contribution >= 0.6 is 0 Å². The number of allylic oxidation sites excluding steroid dienone is 2. The molecule has 30 heavy (non-hydrogen) atoms. The first-order chi connectivity index (χ1) is 14.4. The summed E-state index contributed by atoms with van der Waals surface area (Å²) in [6, 6.07) is 5.18. The first-order valence-corrected chi connectivity index (χ1v) is 9.50. The Morgan fingerprint density at radius 1 is 1.20 bits per heavy atom. The summed E-state index contributed by atoms with van der Waals surface area (Å²) in [6.07, 6.45) is 9.43. The van der Waals surface area contributed by atoms with Crippen LogP contribution in [0.4, 0.5) is 13.2 Å². The van der Waals surface area contributed by atoms with E-state index in [0.29, 0.717) is 18.6 Å². The van der Waals surface area contributed by atoms with E-state index < -0.39 is 29.2 Å². The zero-order valence-corrected chi connectivity index (χ0v) is 16.6. The maximum Gasteiger partial charge on any atom is 0.137 e. The molecule has 0 spiro atoms. The highest BCUT2D eigenvalue weighted by Crippen LogP contribution is 2.31. The van der Waals surface area contributed by atoms with Crippen LogP contribution in [0.1, 0.15) is 18.1 Å². The number of H-pyrrole nitrogens is 1. The van der Waals surface area contributed by atoms with Gasteiger partial charge < -0.3 is 14.5 Å². The van der Waals surface area contributed by atoms with E-state index in [-0.39, 0.29) is 12.2 Å². The Morgan fingerprint density at radius 3 is 2.70 bits per heavy atom. The minimum absolute atomic E-state index is 0.315. The molecule has 1 aliphatic carbocycles. The number of benzene rings is 1. The second-order valence-corrected chi connectivity index (χ2v) is 7.44. The highest BCUT2D eigenvalue weighted by molar-refractivity contribution is 5.79. The molecule has 1 aliphatic rings. The van der Waals surface area contributed by atoms with E-state index in [1.54, 1.807) is 13.3 Å². The van der Waals surface area contributed by atoms with E-state index in [4.69, 9.17) is 9.47 Å². The number of aromatic amines is 1. The van der Waals surface area contributed by atoms with E-state index >= 15 is 0 Å². The number of nitrogens with one attached hydrogen (secondary N) is 1. The minimum atomic E-state index is -0.976. The molecule has 3 aromatic rings. The molecule has 2 aromatic heterocycles. The quantitative estimate of drug-likeness (QED) is 0.617. The third-order valence-corrected chi connectivity index (χ3v) is 5.41. The highest BCUT2D eigenvalue weighted by atomic mass is 19.1. The van der Waals surface area contributed by atoms with Gasteiger partial charge >= 0.3 is 0 Å². The second kappa shape index (κ2) is 8.08. The van der Waals surface area contributed by atoms with Crippen molar-refractivity contribution in [1.82, 2.24) is 9.97 Å². The monoisotopic (exact) mass is 414 g/mol. The molecule has 1 N–H and O–H groups in total. The molecule has 1 aromatic carbocycles. The molecule has 2 unspecified atom stereocenters. The fourth-order valence-corrected chi connectivity index (χ4v) is 3.67. The van der Waals surface area contributed by atoms with Crippen molar-refractivity contribution in [3.63, 3.8) is 0 Å². The maximum atomic E-state index is 13.9. The molecule has 0 aliphatic heterocycles. The van der Waals surface area contributed by atoms with Crippen molar-refractivity contribution in [3.8, 4) is 0 Å². The summed E-state index contributed by atoms with van der Waals surface area (Å²) < 4.78 is 52.4. The van der Waals surface area contributed by atoms with Gasteiger partial charge in [0.15, 0.2) is 0 Å². The molecule has 0 radical (unpaired) electrons. The van der Waals surface area contributed by atoms with Gasteiger partial charge in [0.1, 0.15) is 34.8 Å². The van der Waals surface area contributed by atoms with Crippen molar-refractivity contribution in [3.05, 3.63) is 89.0 Å². The Kier molecular flexibility index (Phi) is 5.49. The Labute approximate surface area is 172 Å². The van der Waals surface area contributed by atoms with Crippen molar-refractivity contribution >= 4 is 11.0 Å². The molecule has 0 saturated heterocycles. The lowest BCUT2D eigenvalue weighted by molar-refractivity contribution is -0.0782. The van der Waals surface area contributed by atoms with Crippen LogP contribution in [0, 0.1) is 17.5 Å². The standard InChI is InChI=1S/C23H21F3N2O2/c1-23(29-2)11-14(8-15-12-28-22-17(15)4-3-7-27-22)5-6-21(23)30-13-18-19(25)9-16(24)10-20(18)26/h3-7,9-12,21H,8,13H2,1-2H3,(H,27,28). The molecule has 0 amide bonds. The van der Waals surface area contributed by atoms with Gasteiger partial charge in [0.2, 0.25) is 0 Å². The lowest BCUT2D eigenvalue weighted by Crippen LogP contribution is -2.42. The molecule has 0 fully saturated rings. The Morgan fingerprint density at radius 2 is 1.97 bits per heavy atom. The number of ether oxygens (including phenoxy) is 2. The van der Waals surface area contributed by atoms with E-state index in [1.807, 2.05) is 43.5 Å². The van der Waals surface area contributed by atoms with Gasteiger partial charge in [-0.2, -0.15) is 0 Å². The summed E-state index contributed by atoms with van der Waals surface area (Å²) in [5.74, 6) is -2.92. The van der Waals surface area contributed by atoms with E-state index in [9.17, 15) is 13.2 Å². The van der Waals surface area contributed by atoms with Gasteiger partial charge in [-0.3, -0.25) is 0 Å². The van der Waals surface area contributed by atoms with Gasteiger partial charge in [0.05, 0.1) is 6.61 Å². The summed E-state index contributed by atoms with van der Waals surface area (Å²) in [6.45, 7) is 1.50. The number of hydrogen-bond acceptors (Lipinski definition) is 3. The summed E-state index contributed by atoms with van der Waals surface area (Å²) in [5.41, 5.74) is 1.79. The topological polar surface area (TPSA) is 47.1 Å². The molecule has 2 atom stereocenters. The van der Waals surface area contributed by atoms with Gasteiger partial charge in [-0.25, -0.2) is 18.2 Å². The second-order valence-electron chi connectivity index (χ2n) is 7.44. The molecule has 156 valence electrons. The average Bonchev–Trinajstić information content (AvgIpc) is 3.11. The molecule has 2 heterocycles. The van der Waals surface area contributed by atoms with Crippen molar-refractivity contribution in [2.75, 3.05) is 7.11 Å². The first-order valence-electron chi connectivity index (χ1n) is 9.50. The lowest BCUT2D eigenvalue weighted by Gasteiger charge is -2.35. The van der Waals surface area contributed by atoms with Crippen LogP contribution in [0.2, 0.25) is 0 Å². The van der Waals surface area contributed by atoms with E-state index in [2.05, 4.69) is 9.97 Å². The van der Waals surface area contributed by atoms with Gasteiger partial charge in [0, 0.05) is 42.6 Å². The smallest absolute Gasteiger partial charge is 0.137 e. The summed E-state index contributed by atoms with van der Waals surface area (Å²) in [7, 11) is 1.55. The van der Waals surface area contributed by atoms with E-state index in [0.717, 1.165) is 22.2 Å². The van der Waals surface area contributed by atoms with Gasteiger partial charge in [-0.1, -0.05) is 12.2 Å². The number of pyridine rings is 1. The lowest BCUT2D eigenvalue weighted by atomic mass is 9.88. The Hall–Kier alpha value is -2.90. The zero-order valence-electron chi connectivity index (χ0n) is 16.6. The van der Waals surface area contributed by atoms with Crippen LogP contribution < -0.4 is 0 Å². The molecule has 7 heteroatoms. The molecule has 4 nitrogen and oxygen atoms in total. The predicted molar refractivity (Wildman–Crippen MR) is 107 cm³/mol. The normalized spacial score (nSPS) is 21.2. The van der Waals surface area contributed by atoms with E-state index in [1.165, 1.54) is 0 Å². The molecular formula is C23H21F3N2O2. The third-order valence-electron chi connectivity index (χ3n) is 5.41. The van der Waals surface area contributed by atoms with Gasteiger partial charge in [-0.15, -0.1) is 0 Å². The molecule has 0 saturated carbocycles. The van der Waals surface area contributed by atoms with Crippen LogP contribution in [0.15, 0.2) is 60.5 Å². The minimum Gasteiger partial charge on any atom is -0.371 e. The number of fused-ring (bicyclic) bond motifs is 1. The number of hydrogen-bond donors (Lipinski definition) is 1. The maximum absolute atomic E-state index is 13.9. The Bertz CT molecular complexity index is 1120. The summed E-state index contributed by atoms with van der Waals surface area (Å²) >= 11 is 0. The van der Waals surface area contributed by atoms with Crippen LogP contribution in [-0.2, 0) is 22.5 Å². The Balaban J connectivity index is 1.51.